The zero-order valence-corrected chi connectivity index (χ0v) is 16.7. The van der Waals surface area contributed by atoms with Crippen LogP contribution in [-0.2, 0) is 17.9 Å². The number of guanidine groups is 1. The molecule has 1 unspecified atom stereocenters. The average Bonchev–Trinajstić information content (AvgIpc) is 2.69. The number of carbonyl (C=O) groups excluding carboxylic acids is 1. The van der Waals surface area contributed by atoms with E-state index < -0.39 is 0 Å². The SMILES string of the molecule is CCC(C)C(=O)Nc1cccc(CNC(=NC)NCc2ccccc2C)c1. The van der Waals surface area contributed by atoms with Gasteiger partial charge >= 0.3 is 0 Å². The molecule has 0 spiro atoms. The van der Waals surface area contributed by atoms with Gasteiger partial charge in [-0.3, -0.25) is 9.79 Å². The summed E-state index contributed by atoms with van der Waals surface area (Å²) in [5.41, 5.74) is 4.40. The van der Waals surface area contributed by atoms with Gasteiger partial charge in [0, 0.05) is 31.7 Å². The maximum absolute atomic E-state index is 12.1. The highest BCUT2D eigenvalue weighted by Gasteiger charge is 2.10. The molecule has 1 atom stereocenters. The van der Waals surface area contributed by atoms with Crippen molar-refractivity contribution in [1.82, 2.24) is 10.6 Å². The third-order valence-corrected chi connectivity index (χ3v) is 4.65. The van der Waals surface area contributed by atoms with E-state index in [4.69, 9.17) is 0 Å². The van der Waals surface area contributed by atoms with Gasteiger partial charge in [-0.1, -0.05) is 50.2 Å². The summed E-state index contributed by atoms with van der Waals surface area (Å²) in [6.07, 6.45) is 0.829. The van der Waals surface area contributed by atoms with Crippen LogP contribution in [0.2, 0.25) is 0 Å². The molecule has 0 heterocycles. The van der Waals surface area contributed by atoms with Crippen molar-refractivity contribution >= 4 is 17.6 Å². The normalized spacial score (nSPS) is 12.4. The lowest BCUT2D eigenvalue weighted by Crippen LogP contribution is -2.36. The van der Waals surface area contributed by atoms with Crippen LogP contribution in [0.4, 0.5) is 5.69 Å². The topological polar surface area (TPSA) is 65.5 Å². The molecule has 5 heteroatoms. The molecule has 2 aromatic carbocycles. The minimum Gasteiger partial charge on any atom is -0.352 e. The van der Waals surface area contributed by atoms with E-state index >= 15 is 0 Å². The zero-order valence-electron chi connectivity index (χ0n) is 16.7. The van der Waals surface area contributed by atoms with Gasteiger partial charge in [-0.25, -0.2) is 0 Å². The molecule has 27 heavy (non-hydrogen) atoms. The fourth-order valence-corrected chi connectivity index (χ4v) is 2.60. The summed E-state index contributed by atoms with van der Waals surface area (Å²) in [5, 5.41) is 9.63. The zero-order chi connectivity index (χ0) is 19.6. The Hall–Kier alpha value is -2.82. The van der Waals surface area contributed by atoms with Gasteiger partial charge in [0.2, 0.25) is 5.91 Å². The lowest BCUT2D eigenvalue weighted by molar-refractivity contribution is -0.119. The number of amides is 1. The van der Waals surface area contributed by atoms with Gasteiger partial charge < -0.3 is 16.0 Å². The van der Waals surface area contributed by atoms with Crippen LogP contribution in [-0.4, -0.2) is 18.9 Å². The predicted octanol–water partition coefficient (Wildman–Crippen LogP) is 3.84. The fraction of sp³-hybridized carbons (Fsp3) is 0.364. The number of hydrogen-bond donors (Lipinski definition) is 3. The van der Waals surface area contributed by atoms with E-state index in [0.29, 0.717) is 6.54 Å². The Kier molecular flexibility index (Phi) is 7.86. The summed E-state index contributed by atoms with van der Waals surface area (Å²) < 4.78 is 0. The van der Waals surface area contributed by atoms with E-state index in [1.54, 1.807) is 7.05 Å². The number of rotatable bonds is 7. The number of anilines is 1. The molecule has 1 amide bonds. The van der Waals surface area contributed by atoms with Crippen LogP contribution in [0.25, 0.3) is 0 Å². The number of carbonyl (C=O) groups is 1. The molecule has 0 bridgehead atoms. The largest absolute Gasteiger partial charge is 0.352 e. The Balaban J connectivity index is 1.90. The number of aryl methyl sites for hydroxylation is 1. The van der Waals surface area contributed by atoms with Crippen molar-refractivity contribution in [2.75, 3.05) is 12.4 Å². The molecular formula is C22H30N4O. The smallest absolute Gasteiger partial charge is 0.227 e. The molecule has 0 saturated heterocycles. The number of aliphatic imine (C=N–C) groups is 1. The second-order valence-electron chi connectivity index (χ2n) is 6.70. The van der Waals surface area contributed by atoms with Gasteiger partial charge in [0.05, 0.1) is 0 Å². The summed E-state index contributed by atoms with van der Waals surface area (Å²) in [7, 11) is 1.76. The maximum Gasteiger partial charge on any atom is 0.227 e. The lowest BCUT2D eigenvalue weighted by Gasteiger charge is -2.14. The Labute approximate surface area is 162 Å². The van der Waals surface area contributed by atoms with Gasteiger partial charge in [0.1, 0.15) is 0 Å². The highest BCUT2D eigenvalue weighted by atomic mass is 16.1. The first kappa shape index (κ1) is 20.5. The molecule has 5 nitrogen and oxygen atoms in total. The Morgan fingerprint density at radius 2 is 1.81 bits per heavy atom. The van der Waals surface area contributed by atoms with E-state index in [0.717, 1.165) is 30.2 Å². The van der Waals surface area contributed by atoms with Crippen molar-refractivity contribution in [3.63, 3.8) is 0 Å². The van der Waals surface area contributed by atoms with Gasteiger partial charge in [-0.05, 0) is 42.2 Å². The Morgan fingerprint density at radius 3 is 2.52 bits per heavy atom. The van der Waals surface area contributed by atoms with Gasteiger partial charge in [0.15, 0.2) is 5.96 Å². The fourth-order valence-electron chi connectivity index (χ4n) is 2.60. The molecule has 0 fully saturated rings. The van der Waals surface area contributed by atoms with Crippen molar-refractivity contribution in [1.29, 1.82) is 0 Å². The summed E-state index contributed by atoms with van der Waals surface area (Å²) in [6.45, 7) is 7.40. The van der Waals surface area contributed by atoms with E-state index in [1.165, 1.54) is 11.1 Å². The van der Waals surface area contributed by atoms with Crippen LogP contribution in [0.15, 0.2) is 53.5 Å². The van der Waals surface area contributed by atoms with Crippen LogP contribution in [0.5, 0.6) is 0 Å². The molecule has 2 rings (SSSR count). The van der Waals surface area contributed by atoms with Gasteiger partial charge in [-0.15, -0.1) is 0 Å². The first-order valence-corrected chi connectivity index (χ1v) is 9.42. The summed E-state index contributed by atoms with van der Waals surface area (Å²) >= 11 is 0. The molecule has 0 aromatic heterocycles. The standard InChI is InChI=1S/C22H30N4O/c1-5-16(2)21(27)26-20-12-8-10-18(13-20)14-24-22(23-4)25-15-19-11-7-6-9-17(19)3/h6-13,16H,5,14-15H2,1-4H3,(H,26,27)(H2,23,24,25). The second kappa shape index (κ2) is 10.4. The lowest BCUT2D eigenvalue weighted by atomic mass is 10.1. The summed E-state index contributed by atoms with van der Waals surface area (Å²) in [5.74, 6) is 0.807. The van der Waals surface area contributed by atoms with Gasteiger partial charge in [0.25, 0.3) is 0 Å². The minimum absolute atomic E-state index is 0.0104. The van der Waals surface area contributed by atoms with Crippen molar-refractivity contribution < 1.29 is 4.79 Å². The molecule has 0 radical (unpaired) electrons. The first-order chi connectivity index (χ1) is 13.0. The highest BCUT2D eigenvalue weighted by Crippen LogP contribution is 2.13. The number of benzene rings is 2. The average molecular weight is 367 g/mol. The third kappa shape index (κ3) is 6.44. The molecule has 2 aromatic rings. The molecule has 144 valence electrons. The highest BCUT2D eigenvalue weighted by molar-refractivity contribution is 5.92. The van der Waals surface area contributed by atoms with Gasteiger partial charge in [-0.2, -0.15) is 0 Å². The summed E-state index contributed by atoms with van der Waals surface area (Å²) in [4.78, 5) is 16.3. The first-order valence-electron chi connectivity index (χ1n) is 9.42. The maximum atomic E-state index is 12.1. The molecule has 0 aliphatic heterocycles. The van der Waals surface area contributed by atoms with Crippen LogP contribution >= 0.6 is 0 Å². The van der Waals surface area contributed by atoms with Crippen molar-refractivity contribution in [3.05, 3.63) is 65.2 Å². The number of hydrogen-bond acceptors (Lipinski definition) is 2. The second-order valence-corrected chi connectivity index (χ2v) is 6.70. The third-order valence-electron chi connectivity index (χ3n) is 4.65. The van der Waals surface area contributed by atoms with E-state index in [9.17, 15) is 4.79 Å². The number of nitrogens with one attached hydrogen (secondary N) is 3. The van der Waals surface area contributed by atoms with E-state index in [-0.39, 0.29) is 11.8 Å². The Bertz CT molecular complexity index is 785. The number of nitrogens with zero attached hydrogens (tertiary/aromatic N) is 1. The molecule has 0 saturated carbocycles. The van der Waals surface area contributed by atoms with Crippen molar-refractivity contribution in [3.8, 4) is 0 Å². The van der Waals surface area contributed by atoms with E-state index in [2.05, 4.69) is 40.0 Å². The van der Waals surface area contributed by atoms with Crippen LogP contribution in [0.3, 0.4) is 0 Å². The quantitative estimate of drug-likeness (QED) is 0.515. The molecular weight excluding hydrogens is 336 g/mol. The molecule has 3 N–H and O–H groups in total. The Morgan fingerprint density at radius 1 is 1.07 bits per heavy atom. The minimum atomic E-state index is 0.0104. The molecule has 0 aliphatic rings. The van der Waals surface area contributed by atoms with Crippen LogP contribution in [0.1, 0.15) is 37.0 Å². The van der Waals surface area contributed by atoms with Crippen LogP contribution < -0.4 is 16.0 Å². The van der Waals surface area contributed by atoms with Crippen molar-refractivity contribution in [2.45, 2.75) is 40.3 Å². The molecule has 0 aliphatic carbocycles. The monoisotopic (exact) mass is 366 g/mol. The van der Waals surface area contributed by atoms with E-state index in [1.807, 2.05) is 50.2 Å². The predicted molar refractivity (Wildman–Crippen MR) is 113 cm³/mol. The van der Waals surface area contributed by atoms with Crippen LogP contribution in [0, 0.1) is 12.8 Å². The summed E-state index contributed by atoms with van der Waals surface area (Å²) in [6, 6.07) is 16.2. The van der Waals surface area contributed by atoms with Crippen molar-refractivity contribution in [2.24, 2.45) is 10.9 Å².